The molecule has 0 aromatic carbocycles. The Morgan fingerprint density at radius 2 is 2.38 bits per heavy atom. The molecule has 1 N–H and O–H groups in total. The van der Waals surface area contributed by atoms with Crippen LogP contribution >= 0.6 is 0 Å². The summed E-state index contributed by atoms with van der Waals surface area (Å²) in [5, 5.41) is 9.82. The molecule has 1 aliphatic heterocycles. The molecule has 0 aliphatic carbocycles. The Morgan fingerprint density at radius 1 is 1.56 bits per heavy atom. The molecule has 4 heteroatoms. The lowest BCUT2D eigenvalue weighted by Gasteiger charge is -2.26. The number of rotatable bonds is 3. The van der Waals surface area contributed by atoms with Crippen LogP contribution in [0.1, 0.15) is 45.2 Å². The van der Waals surface area contributed by atoms with E-state index in [9.17, 15) is 5.11 Å². The molecule has 0 radical (unpaired) electrons. The van der Waals surface area contributed by atoms with Crippen molar-refractivity contribution < 1.29 is 9.84 Å². The van der Waals surface area contributed by atoms with Crippen LogP contribution in [0.25, 0.3) is 0 Å². The van der Waals surface area contributed by atoms with Crippen LogP contribution in [0.2, 0.25) is 0 Å². The zero-order valence-electron chi connectivity index (χ0n) is 10.0. The van der Waals surface area contributed by atoms with Crippen LogP contribution in [0.3, 0.4) is 0 Å². The fraction of sp³-hybridized carbons (Fsp3) is 0.750. The van der Waals surface area contributed by atoms with Crippen molar-refractivity contribution in [3.63, 3.8) is 0 Å². The monoisotopic (exact) mass is 224 g/mol. The quantitative estimate of drug-likeness (QED) is 0.853. The molecule has 2 heterocycles. The van der Waals surface area contributed by atoms with Gasteiger partial charge >= 0.3 is 0 Å². The highest BCUT2D eigenvalue weighted by Crippen LogP contribution is 2.24. The van der Waals surface area contributed by atoms with Crippen LogP contribution < -0.4 is 0 Å². The molecular formula is C12H20N2O2. The van der Waals surface area contributed by atoms with Crippen molar-refractivity contribution in [1.82, 2.24) is 9.55 Å². The molecule has 1 saturated heterocycles. The third-order valence-corrected chi connectivity index (χ3v) is 2.81. The van der Waals surface area contributed by atoms with Gasteiger partial charge in [0, 0.05) is 25.4 Å². The maximum Gasteiger partial charge on any atom is 0.135 e. The average Bonchev–Trinajstić information content (AvgIpc) is 2.64. The number of hydrogen-bond acceptors (Lipinski definition) is 3. The topological polar surface area (TPSA) is 47.3 Å². The highest BCUT2D eigenvalue weighted by molar-refractivity contribution is 4.98. The van der Waals surface area contributed by atoms with Gasteiger partial charge in [-0.25, -0.2) is 4.98 Å². The summed E-state index contributed by atoms with van der Waals surface area (Å²) in [6, 6.07) is 0. The van der Waals surface area contributed by atoms with Gasteiger partial charge < -0.3 is 14.4 Å². The minimum absolute atomic E-state index is 0.105. The lowest BCUT2D eigenvalue weighted by Crippen LogP contribution is -2.27. The first-order valence-electron chi connectivity index (χ1n) is 5.92. The number of aromatic nitrogens is 2. The molecule has 0 saturated carbocycles. The maximum absolute atomic E-state index is 9.82. The molecule has 0 bridgehead atoms. The molecular weight excluding hydrogens is 204 g/mol. The second kappa shape index (κ2) is 4.55. The summed E-state index contributed by atoms with van der Waals surface area (Å²) in [7, 11) is 0. The van der Waals surface area contributed by atoms with Gasteiger partial charge in [0.2, 0.25) is 0 Å². The van der Waals surface area contributed by atoms with E-state index in [4.69, 9.17) is 4.74 Å². The van der Waals surface area contributed by atoms with Crippen LogP contribution in [-0.4, -0.2) is 26.9 Å². The Hall–Kier alpha value is -0.870. The number of ether oxygens (including phenoxy) is 1. The van der Waals surface area contributed by atoms with Gasteiger partial charge in [-0.2, -0.15) is 0 Å². The summed E-state index contributed by atoms with van der Waals surface area (Å²) < 4.78 is 7.77. The van der Waals surface area contributed by atoms with Gasteiger partial charge in [0.1, 0.15) is 12.1 Å². The van der Waals surface area contributed by atoms with Crippen LogP contribution in [0.4, 0.5) is 0 Å². The van der Waals surface area contributed by atoms with E-state index in [-0.39, 0.29) is 6.23 Å². The third-order valence-electron chi connectivity index (χ3n) is 2.81. The van der Waals surface area contributed by atoms with E-state index >= 15 is 0 Å². The van der Waals surface area contributed by atoms with Crippen LogP contribution in [-0.2, 0) is 11.2 Å². The smallest absolute Gasteiger partial charge is 0.135 e. The second-order valence-corrected chi connectivity index (χ2v) is 5.06. The molecule has 2 rings (SSSR count). The molecule has 1 unspecified atom stereocenters. The first kappa shape index (κ1) is 11.6. The fourth-order valence-corrected chi connectivity index (χ4v) is 2.07. The van der Waals surface area contributed by atoms with Gasteiger partial charge in [0.25, 0.3) is 0 Å². The molecule has 4 nitrogen and oxygen atoms in total. The summed E-state index contributed by atoms with van der Waals surface area (Å²) in [5.74, 6) is 0.902. The first-order valence-corrected chi connectivity index (χ1v) is 5.92. The van der Waals surface area contributed by atoms with Gasteiger partial charge in [-0.3, -0.25) is 0 Å². The van der Waals surface area contributed by atoms with Crippen LogP contribution in [0.5, 0.6) is 0 Å². The molecule has 0 spiro atoms. The van der Waals surface area contributed by atoms with E-state index in [0.29, 0.717) is 6.42 Å². The third kappa shape index (κ3) is 2.83. The van der Waals surface area contributed by atoms with E-state index in [1.807, 2.05) is 6.20 Å². The number of aliphatic hydroxyl groups is 1. The van der Waals surface area contributed by atoms with Crippen molar-refractivity contribution in [2.24, 2.45) is 0 Å². The zero-order valence-corrected chi connectivity index (χ0v) is 10.0. The molecule has 1 aromatic rings. The first-order chi connectivity index (χ1) is 7.56. The minimum Gasteiger partial charge on any atom is -0.390 e. The molecule has 1 atom stereocenters. The highest BCUT2D eigenvalue weighted by atomic mass is 16.5. The molecule has 1 aromatic heterocycles. The molecule has 0 amide bonds. The minimum atomic E-state index is -0.724. The number of imidazole rings is 1. The second-order valence-electron chi connectivity index (χ2n) is 5.06. The van der Waals surface area contributed by atoms with Crippen LogP contribution in [0, 0.1) is 0 Å². The van der Waals surface area contributed by atoms with Gasteiger partial charge in [-0.05, 0) is 33.1 Å². The van der Waals surface area contributed by atoms with Crippen molar-refractivity contribution >= 4 is 0 Å². The van der Waals surface area contributed by atoms with Gasteiger partial charge in [-0.1, -0.05) is 0 Å². The molecule has 1 aliphatic rings. The van der Waals surface area contributed by atoms with E-state index in [1.54, 1.807) is 20.0 Å². The van der Waals surface area contributed by atoms with Crippen molar-refractivity contribution in [2.45, 2.75) is 51.4 Å². The summed E-state index contributed by atoms with van der Waals surface area (Å²) in [5.41, 5.74) is -0.724. The fourth-order valence-electron chi connectivity index (χ4n) is 2.07. The SMILES string of the molecule is CC(C)(O)Cc1nccn1C1CCCCO1. The Balaban J connectivity index is 2.11. The van der Waals surface area contributed by atoms with Gasteiger partial charge in [0.05, 0.1) is 5.60 Å². The number of hydrogen-bond donors (Lipinski definition) is 1. The summed E-state index contributed by atoms with van der Waals surface area (Å²) in [4.78, 5) is 4.30. The maximum atomic E-state index is 9.82. The predicted octanol–water partition coefficient (Wildman–Crippen LogP) is 1.90. The van der Waals surface area contributed by atoms with Crippen molar-refractivity contribution in [2.75, 3.05) is 6.61 Å². The van der Waals surface area contributed by atoms with E-state index in [2.05, 4.69) is 9.55 Å². The van der Waals surface area contributed by atoms with Crippen LogP contribution in [0.15, 0.2) is 12.4 Å². The Kier molecular flexibility index (Phi) is 3.30. The standard InChI is InChI=1S/C12H20N2O2/c1-12(2,15)9-10-13-6-7-14(10)11-5-3-4-8-16-11/h6-7,11,15H,3-5,8-9H2,1-2H3. The highest BCUT2D eigenvalue weighted by Gasteiger charge is 2.22. The van der Waals surface area contributed by atoms with Crippen molar-refractivity contribution in [1.29, 1.82) is 0 Å². The van der Waals surface area contributed by atoms with Gasteiger partial charge in [0.15, 0.2) is 0 Å². The lowest BCUT2D eigenvalue weighted by molar-refractivity contribution is -0.0352. The summed E-state index contributed by atoms with van der Waals surface area (Å²) in [6.45, 7) is 4.42. The van der Waals surface area contributed by atoms with Crippen molar-refractivity contribution in [3.05, 3.63) is 18.2 Å². The summed E-state index contributed by atoms with van der Waals surface area (Å²) in [6.07, 6.45) is 7.76. The average molecular weight is 224 g/mol. The predicted molar refractivity (Wildman–Crippen MR) is 61.1 cm³/mol. The van der Waals surface area contributed by atoms with E-state index in [0.717, 1.165) is 25.3 Å². The molecule has 16 heavy (non-hydrogen) atoms. The lowest BCUT2D eigenvalue weighted by atomic mass is 10.1. The number of nitrogens with zero attached hydrogens (tertiary/aromatic N) is 2. The molecule has 1 fully saturated rings. The Bertz CT molecular complexity index is 335. The normalized spacial score (nSPS) is 22.3. The Labute approximate surface area is 96.3 Å². The Morgan fingerprint density at radius 3 is 3.00 bits per heavy atom. The van der Waals surface area contributed by atoms with Gasteiger partial charge in [-0.15, -0.1) is 0 Å². The molecule has 90 valence electrons. The van der Waals surface area contributed by atoms with E-state index < -0.39 is 5.60 Å². The zero-order chi connectivity index (χ0) is 11.6. The van der Waals surface area contributed by atoms with Crippen molar-refractivity contribution in [3.8, 4) is 0 Å². The van der Waals surface area contributed by atoms with E-state index in [1.165, 1.54) is 6.42 Å². The summed E-state index contributed by atoms with van der Waals surface area (Å²) >= 11 is 0. The largest absolute Gasteiger partial charge is 0.390 e.